The van der Waals surface area contributed by atoms with Gasteiger partial charge in [-0.25, -0.2) is 10.2 Å². The van der Waals surface area contributed by atoms with Gasteiger partial charge < -0.3 is 35.2 Å². The number of ether oxygens (including phenoxy) is 2. The maximum absolute atomic E-state index is 12.3. The molecule has 0 aromatic carbocycles. The zero-order valence-electron chi connectivity index (χ0n) is 19.7. The number of amides is 2. The molecule has 0 saturated carbocycles. The Balaban J connectivity index is 1.80. The highest BCUT2D eigenvalue weighted by atomic mass is 16.6. The maximum Gasteiger partial charge on any atom is 0.330 e. The van der Waals surface area contributed by atoms with E-state index in [9.17, 15) is 44.1 Å². The predicted octanol–water partition coefficient (Wildman–Crippen LogP) is -4.56. The van der Waals surface area contributed by atoms with Gasteiger partial charge in [0.2, 0.25) is 5.91 Å². The van der Waals surface area contributed by atoms with Gasteiger partial charge in [0.05, 0.1) is 13.0 Å². The molecule has 206 valence electrons. The van der Waals surface area contributed by atoms with E-state index in [0.29, 0.717) is 0 Å². The van der Waals surface area contributed by atoms with Gasteiger partial charge in [-0.15, -0.1) is 0 Å². The zero-order valence-corrected chi connectivity index (χ0v) is 19.7. The third-order valence-electron chi connectivity index (χ3n) is 5.20. The van der Waals surface area contributed by atoms with Crippen molar-refractivity contribution in [3.63, 3.8) is 0 Å². The minimum Gasteiger partial charge on any atom is -0.481 e. The molecule has 37 heavy (non-hydrogen) atoms. The topological polar surface area (TPSA) is 259 Å². The van der Waals surface area contributed by atoms with Gasteiger partial charge >= 0.3 is 17.6 Å². The fourth-order valence-corrected chi connectivity index (χ4v) is 3.36. The Labute approximate surface area is 208 Å². The maximum atomic E-state index is 12.3. The molecule has 8 N–H and O–H groups in total. The molecular weight excluding hydrogens is 502 g/mol. The Bertz CT molecular complexity index is 1090. The number of aromatic amines is 1. The number of hydrazine groups is 1. The molecule has 1 aromatic rings. The number of aromatic nitrogens is 2. The van der Waals surface area contributed by atoms with Crippen molar-refractivity contribution in [3.05, 3.63) is 33.1 Å². The molecule has 0 radical (unpaired) electrons. The molecular formula is C20H29N5O12. The Morgan fingerprint density at radius 2 is 1.92 bits per heavy atom. The lowest BCUT2D eigenvalue weighted by atomic mass is 10.0. The number of aliphatic carboxylic acids is 1. The third kappa shape index (κ3) is 8.19. The second-order valence-corrected chi connectivity index (χ2v) is 7.92. The standard InChI is InChI=1S/C20H29N5O12/c1-2-36-19(34)9(8-12(28)29)23-24-11(27)4-3-6-21-17(33)15(32)16-13(30)14(31)18(37-16)25-7-5-10(26)22-20(25)35/h5,7,9,13-16,18,23,30-32H,2-4,6,8H2,1H3,(H,21,33)(H,24,27)(H,28,29)(H,22,26,35)/t9-,13-,14+,15?,16-,18+/m0/s1. The van der Waals surface area contributed by atoms with Crippen molar-refractivity contribution in [1.82, 2.24) is 25.7 Å². The molecule has 2 amide bonds. The van der Waals surface area contributed by atoms with Gasteiger partial charge in [0.1, 0.15) is 24.4 Å². The van der Waals surface area contributed by atoms with Crippen LogP contribution in [0.25, 0.3) is 0 Å². The van der Waals surface area contributed by atoms with E-state index in [2.05, 4.69) is 16.2 Å². The van der Waals surface area contributed by atoms with E-state index in [-0.39, 0.29) is 26.0 Å². The van der Waals surface area contributed by atoms with Crippen molar-refractivity contribution in [2.24, 2.45) is 0 Å². The van der Waals surface area contributed by atoms with Crippen LogP contribution in [-0.4, -0.2) is 97.3 Å². The summed E-state index contributed by atoms with van der Waals surface area (Å²) >= 11 is 0. The van der Waals surface area contributed by atoms with Crippen LogP contribution < -0.4 is 27.4 Å². The lowest BCUT2D eigenvalue weighted by molar-refractivity contribution is -0.150. The summed E-state index contributed by atoms with van der Waals surface area (Å²) in [4.78, 5) is 71.9. The van der Waals surface area contributed by atoms with E-state index < -0.39 is 78.1 Å². The second kappa shape index (κ2) is 13.6. The van der Waals surface area contributed by atoms with Crippen LogP contribution in [0.1, 0.15) is 32.4 Å². The van der Waals surface area contributed by atoms with Crippen molar-refractivity contribution in [3.8, 4) is 0 Å². The number of esters is 1. The molecule has 0 bridgehead atoms. The fraction of sp³-hybridized carbons (Fsp3) is 0.600. The minimum absolute atomic E-state index is 0.0182. The van der Waals surface area contributed by atoms with Gasteiger partial charge in [-0.1, -0.05) is 0 Å². The molecule has 1 fully saturated rings. The number of carboxylic acids is 1. The highest BCUT2D eigenvalue weighted by Crippen LogP contribution is 2.30. The van der Waals surface area contributed by atoms with Crippen molar-refractivity contribution in [2.45, 2.75) is 62.9 Å². The van der Waals surface area contributed by atoms with Crippen LogP contribution in [0.15, 0.2) is 21.9 Å². The van der Waals surface area contributed by atoms with E-state index in [0.717, 1.165) is 16.8 Å². The molecule has 1 saturated heterocycles. The number of nitrogens with one attached hydrogen (secondary N) is 4. The van der Waals surface area contributed by atoms with Crippen LogP contribution in [0.4, 0.5) is 0 Å². The summed E-state index contributed by atoms with van der Waals surface area (Å²) in [7, 11) is 0. The van der Waals surface area contributed by atoms with E-state index >= 15 is 0 Å². The zero-order chi connectivity index (χ0) is 27.7. The number of carboxylic acid groups (broad SMARTS) is 1. The van der Waals surface area contributed by atoms with Crippen LogP contribution in [0, 0.1) is 0 Å². The van der Waals surface area contributed by atoms with E-state index in [1.54, 1.807) is 0 Å². The van der Waals surface area contributed by atoms with Crippen LogP contribution in [0.5, 0.6) is 0 Å². The fourth-order valence-electron chi connectivity index (χ4n) is 3.36. The molecule has 17 nitrogen and oxygen atoms in total. The van der Waals surface area contributed by atoms with Gasteiger partial charge in [0, 0.05) is 25.2 Å². The smallest absolute Gasteiger partial charge is 0.330 e. The van der Waals surface area contributed by atoms with Crippen LogP contribution in [0.3, 0.4) is 0 Å². The average molecular weight is 531 g/mol. The van der Waals surface area contributed by atoms with Crippen molar-refractivity contribution >= 4 is 23.8 Å². The molecule has 1 aliphatic rings. The predicted molar refractivity (Wildman–Crippen MR) is 119 cm³/mol. The normalized spacial score (nSPS) is 22.6. The van der Waals surface area contributed by atoms with Gasteiger partial charge in [-0.2, -0.15) is 0 Å². The summed E-state index contributed by atoms with van der Waals surface area (Å²) in [5.74, 6) is -3.77. The Kier molecular flexibility index (Phi) is 10.9. The van der Waals surface area contributed by atoms with Gasteiger partial charge in [0.15, 0.2) is 12.3 Å². The van der Waals surface area contributed by atoms with Crippen molar-refractivity contribution in [1.29, 1.82) is 0 Å². The molecule has 1 aromatic heterocycles. The van der Waals surface area contributed by atoms with E-state index in [1.165, 1.54) is 6.92 Å². The first-order valence-corrected chi connectivity index (χ1v) is 11.2. The first kappa shape index (κ1) is 29.6. The van der Waals surface area contributed by atoms with E-state index in [4.69, 9.17) is 14.6 Å². The molecule has 2 heterocycles. The third-order valence-corrected chi connectivity index (χ3v) is 5.20. The molecule has 1 unspecified atom stereocenters. The average Bonchev–Trinajstić information content (AvgIpc) is 3.12. The summed E-state index contributed by atoms with van der Waals surface area (Å²) in [6, 6.07) is -0.324. The summed E-state index contributed by atoms with van der Waals surface area (Å²) in [6.07, 6.45) is -8.20. The molecule has 17 heteroatoms. The monoisotopic (exact) mass is 531 g/mol. The van der Waals surface area contributed by atoms with Crippen LogP contribution >= 0.6 is 0 Å². The summed E-state index contributed by atoms with van der Waals surface area (Å²) in [5.41, 5.74) is 2.82. The highest BCUT2D eigenvalue weighted by molar-refractivity contribution is 5.83. The molecule has 0 aliphatic carbocycles. The summed E-state index contributed by atoms with van der Waals surface area (Å²) in [6.45, 7) is 1.45. The molecule has 0 spiro atoms. The molecule has 1 aliphatic heterocycles. The Morgan fingerprint density at radius 3 is 2.54 bits per heavy atom. The highest BCUT2D eigenvalue weighted by Gasteiger charge is 2.49. The summed E-state index contributed by atoms with van der Waals surface area (Å²) in [5, 5.41) is 41.8. The first-order valence-electron chi connectivity index (χ1n) is 11.2. The Hall–Kier alpha value is -3.64. The largest absolute Gasteiger partial charge is 0.481 e. The number of carbonyl (C=O) groups is 4. The first-order chi connectivity index (χ1) is 17.5. The second-order valence-electron chi connectivity index (χ2n) is 7.92. The SMILES string of the molecule is CCOC(=O)[C@H](CC(=O)O)NNC(=O)CCCNC(=O)C(O)[C@H]1O[C@@H](n2ccc(=O)[nH]c2=O)[C@H](O)[C@@H]1O. The number of H-pyrrole nitrogens is 1. The Morgan fingerprint density at radius 1 is 1.22 bits per heavy atom. The molecule has 6 atom stereocenters. The minimum atomic E-state index is -1.95. The number of carbonyl (C=O) groups excluding carboxylic acids is 3. The quantitative estimate of drug-likeness (QED) is 0.0678. The van der Waals surface area contributed by atoms with Crippen LogP contribution in [-0.2, 0) is 28.7 Å². The lowest BCUT2D eigenvalue weighted by Crippen LogP contribution is -2.50. The van der Waals surface area contributed by atoms with E-state index in [1.807, 2.05) is 4.98 Å². The van der Waals surface area contributed by atoms with Crippen molar-refractivity contribution < 1.29 is 49.1 Å². The van der Waals surface area contributed by atoms with Gasteiger partial charge in [0.25, 0.3) is 11.5 Å². The number of aliphatic hydroxyl groups is 3. The lowest BCUT2D eigenvalue weighted by Gasteiger charge is -2.20. The number of rotatable bonds is 13. The number of hydrogen-bond acceptors (Lipinski definition) is 12. The number of hydrogen-bond donors (Lipinski definition) is 8. The molecule has 2 rings (SSSR count). The van der Waals surface area contributed by atoms with Gasteiger partial charge in [-0.3, -0.25) is 38.9 Å². The van der Waals surface area contributed by atoms with Crippen molar-refractivity contribution in [2.75, 3.05) is 13.2 Å². The number of aliphatic hydroxyl groups excluding tert-OH is 3. The summed E-state index contributed by atoms with van der Waals surface area (Å²) < 4.78 is 10.8. The number of nitrogens with zero attached hydrogens (tertiary/aromatic N) is 1. The van der Waals surface area contributed by atoms with Crippen LogP contribution in [0.2, 0.25) is 0 Å². The van der Waals surface area contributed by atoms with Gasteiger partial charge in [-0.05, 0) is 13.3 Å².